The van der Waals surface area contributed by atoms with Gasteiger partial charge in [-0.1, -0.05) is 12.1 Å². The number of carbonyl (C=O) groups excluding carboxylic acids is 2. The summed E-state index contributed by atoms with van der Waals surface area (Å²) in [6.07, 6.45) is 0. The number of anilines is 1. The predicted octanol–water partition coefficient (Wildman–Crippen LogP) is 2.60. The van der Waals surface area contributed by atoms with Crippen LogP contribution in [0, 0.1) is 11.6 Å². The van der Waals surface area contributed by atoms with Crippen molar-refractivity contribution in [3.05, 3.63) is 59.7 Å². The Morgan fingerprint density at radius 3 is 2.48 bits per heavy atom. The van der Waals surface area contributed by atoms with E-state index in [1.165, 1.54) is 6.92 Å². The minimum atomic E-state index is -0.938. The standard InChI is InChI=1S/C17H14F2N4O2/c1-9(20-16(25)10-6-11(18)8-12(19)7-10)15(24)23-17-21-13-4-2-3-5-14(13)22-17/h2-9H,1H3,(H,20,25)(H2,21,22,23,24). The highest BCUT2D eigenvalue weighted by molar-refractivity contribution is 6.00. The van der Waals surface area contributed by atoms with Crippen LogP contribution in [0.15, 0.2) is 42.5 Å². The Balaban J connectivity index is 1.66. The van der Waals surface area contributed by atoms with Crippen molar-refractivity contribution >= 4 is 28.8 Å². The third-order valence-corrected chi connectivity index (χ3v) is 3.50. The molecular formula is C17H14F2N4O2. The number of nitrogens with one attached hydrogen (secondary N) is 3. The summed E-state index contributed by atoms with van der Waals surface area (Å²) in [5.41, 5.74) is 1.23. The van der Waals surface area contributed by atoms with E-state index in [-0.39, 0.29) is 11.5 Å². The average molecular weight is 344 g/mol. The lowest BCUT2D eigenvalue weighted by molar-refractivity contribution is -0.117. The van der Waals surface area contributed by atoms with Gasteiger partial charge >= 0.3 is 0 Å². The van der Waals surface area contributed by atoms with Gasteiger partial charge in [-0.3, -0.25) is 14.9 Å². The molecule has 128 valence electrons. The first-order chi connectivity index (χ1) is 11.9. The number of aromatic amines is 1. The summed E-state index contributed by atoms with van der Waals surface area (Å²) >= 11 is 0. The molecule has 0 aliphatic rings. The second kappa shape index (κ2) is 6.68. The van der Waals surface area contributed by atoms with Crippen molar-refractivity contribution in [1.29, 1.82) is 0 Å². The molecule has 2 aromatic carbocycles. The van der Waals surface area contributed by atoms with Gasteiger partial charge in [0.2, 0.25) is 11.9 Å². The van der Waals surface area contributed by atoms with Crippen LogP contribution in [-0.4, -0.2) is 27.8 Å². The Hall–Kier alpha value is -3.29. The smallest absolute Gasteiger partial charge is 0.252 e. The Morgan fingerprint density at radius 1 is 1.12 bits per heavy atom. The van der Waals surface area contributed by atoms with Crippen LogP contribution < -0.4 is 10.6 Å². The highest BCUT2D eigenvalue weighted by Gasteiger charge is 2.18. The molecule has 8 heteroatoms. The topological polar surface area (TPSA) is 86.9 Å². The van der Waals surface area contributed by atoms with E-state index in [0.717, 1.165) is 17.6 Å². The van der Waals surface area contributed by atoms with Gasteiger partial charge in [0.05, 0.1) is 11.0 Å². The number of amides is 2. The van der Waals surface area contributed by atoms with E-state index in [9.17, 15) is 18.4 Å². The van der Waals surface area contributed by atoms with Crippen LogP contribution in [0.3, 0.4) is 0 Å². The van der Waals surface area contributed by atoms with Crippen molar-refractivity contribution in [3.8, 4) is 0 Å². The Labute approximate surface area is 141 Å². The molecule has 0 saturated heterocycles. The quantitative estimate of drug-likeness (QED) is 0.680. The minimum Gasteiger partial charge on any atom is -0.341 e. The third kappa shape index (κ3) is 3.79. The number of benzene rings is 2. The average Bonchev–Trinajstić information content (AvgIpc) is 2.95. The zero-order valence-corrected chi connectivity index (χ0v) is 13.1. The van der Waals surface area contributed by atoms with Gasteiger partial charge in [-0.2, -0.15) is 0 Å². The van der Waals surface area contributed by atoms with Crippen LogP contribution in [0.4, 0.5) is 14.7 Å². The van der Waals surface area contributed by atoms with Gasteiger partial charge in [-0.05, 0) is 31.2 Å². The monoisotopic (exact) mass is 344 g/mol. The number of imidazole rings is 1. The summed E-state index contributed by atoms with van der Waals surface area (Å²) in [5.74, 6) is -2.78. The highest BCUT2D eigenvalue weighted by atomic mass is 19.1. The van der Waals surface area contributed by atoms with E-state index in [4.69, 9.17) is 0 Å². The van der Waals surface area contributed by atoms with Crippen molar-refractivity contribution in [2.24, 2.45) is 0 Å². The molecule has 1 heterocycles. The van der Waals surface area contributed by atoms with E-state index in [0.29, 0.717) is 11.6 Å². The van der Waals surface area contributed by atoms with Crippen LogP contribution in [-0.2, 0) is 4.79 Å². The van der Waals surface area contributed by atoms with E-state index in [1.807, 2.05) is 18.2 Å². The molecule has 3 rings (SSSR count). The summed E-state index contributed by atoms with van der Waals surface area (Å²) < 4.78 is 26.3. The lowest BCUT2D eigenvalue weighted by Crippen LogP contribution is -2.41. The van der Waals surface area contributed by atoms with Gasteiger partial charge in [0.25, 0.3) is 5.91 Å². The summed E-state index contributed by atoms with van der Waals surface area (Å²) in [6.45, 7) is 1.45. The van der Waals surface area contributed by atoms with E-state index in [1.54, 1.807) is 6.07 Å². The van der Waals surface area contributed by atoms with Crippen molar-refractivity contribution in [3.63, 3.8) is 0 Å². The second-order valence-electron chi connectivity index (χ2n) is 5.45. The van der Waals surface area contributed by atoms with Crippen molar-refractivity contribution in [1.82, 2.24) is 15.3 Å². The number of fused-ring (bicyclic) bond motifs is 1. The van der Waals surface area contributed by atoms with Crippen molar-refractivity contribution in [2.45, 2.75) is 13.0 Å². The summed E-state index contributed by atoms with van der Waals surface area (Å²) in [6, 6.07) is 8.74. The molecule has 0 aliphatic carbocycles. The van der Waals surface area contributed by atoms with Crippen LogP contribution in [0.25, 0.3) is 11.0 Å². The summed E-state index contributed by atoms with van der Waals surface area (Å²) in [7, 11) is 0. The molecule has 3 aromatic rings. The zero-order chi connectivity index (χ0) is 18.0. The molecule has 1 aromatic heterocycles. The molecule has 25 heavy (non-hydrogen) atoms. The zero-order valence-electron chi connectivity index (χ0n) is 13.1. The maximum absolute atomic E-state index is 13.2. The van der Waals surface area contributed by atoms with E-state index >= 15 is 0 Å². The molecule has 0 bridgehead atoms. The molecule has 1 unspecified atom stereocenters. The fourth-order valence-corrected chi connectivity index (χ4v) is 2.27. The van der Waals surface area contributed by atoms with E-state index < -0.39 is 29.5 Å². The van der Waals surface area contributed by atoms with Gasteiger partial charge in [0, 0.05) is 11.6 Å². The minimum absolute atomic E-state index is 0.208. The first-order valence-corrected chi connectivity index (χ1v) is 7.45. The molecule has 0 radical (unpaired) electrons. The largest absolute Gasteiger partial charge is 0.341 e. The molecular weight excluding hydrogens is 330 g/mol. The summed E-state index contributed by atoms with van der Waals surface area (Å²) in [5, 5.41) is 4.92. The highest BCUT2D eigenvalue weighted by Crippen LogP contribution is 2.13. The lowest BCUT2D eigenvalue weighted by atomic mass is 10.2. The lowest BCUT2D eigenvalue weighted by Gasteiger charge is -2.13. The fraction of sp³-hybridized carbons (Fsp3) is 0.118. The first-order valence-electron chi connectivity index (χ1n) is 7.45. The Kier molecular flexibility index (Phi) is 4.42. The number of aromatic nitrogens is 2. The van der Waals surface area contributed by atoms with E-state index in [2.05, 4.69) is 20.6 Å². The number of hydrogen-bond donors (Lipinski definition) is 3. The van der Waals surface area contributed by atoms with Crippen LogP contribution in [0.5, 0.6) is 0 Å². The second-order valence-corrected chi connectivity index (χ2v) is 5.45. The maximum Gasteiger partial charge on any atom is 0.252 e. The normalized spacial score (nSPS) is 12.0. The van der Waals surface area contributed by atoms with Gasteiger partial charge in [-0.15, -0.1) is 0 Å². The SMILES string of the molecule is CC(NC(=O)c1cc(F)cc(F)c1)C(=O)Nc1nc2ccccc2[nH]1. The fourth-order valence-electron chi connectivity index (χ4n) is 2.27. The van der Waals surface area contributed by atoms with Gasteiger partial charge in [-0.25, -0.2) is 13.8 Å². The summed E-state index contributed by atoms with van der Waals surface area (Å²) in [4.78, 5) is 31.3. The molecule has 0 aliphatic heterocycles. The number of para-hydroxylation sites is 2. The molecule has 0 saturated carbocycles. The molecule has 6 nitrogen and oxygen atoms in total. The Bertz CT molecular complexity index is 901. The van der Waals surface area contributed by atoms with Crippen molar-refractivity contribution < 1.29 is 18.4 Å². The predicted molar refractivity (Wildman–Crippen MR) is 88.0 cm³/mol. The van der Waals surface area contributed by atoms with Crippen LogP contribution in [0.1, 0.15) is 17.3 Å². The Morgan fingerprint density at radius 2 is 1.80 bits per heavy atom. The van der Waals surface area contributed by atoms with Gasteiger partial charge in [0.1, 0.15) is 17.7 Å². The molecule has 3 N–H and O–H groups in total. The molecule has 0 spiro atoms. The molecule has 1 atom stereocenters. The number of hydrogen-bond acceptors (Lipinski definition) is 3. The van der Waals surface area contributed by atoms with Gasteiger partial charge < -0.3 is 10.3 Å². The number of halogens is 2. The number of H-pyrrole nitrogens is 1. The van der Waals surface area contributed by atoms with Crippen LogP contribution >= 0.6 is 0 Å². The van der Waals surface area contributed by atoms with Gasteiger partial charge in [0.15, 0.2) is 0 Å². The maximum atomic E-state index is 13.2. The molecule has 0 fully saturated rings. The number of nitrogens with zero attached hydrogens (tertiary/aromatic N) is 1. The van der Waals surface area contributed by atoms with Crippen molar-refractivity contribution in [2.75, 3.05) is 5.32 Å². The number of rotatable bonds is 4. The third-order valence-electron chi connectivity index (χ3n) is 3.50. The van der Waals surface area contributed by atoms with Crippen LogP contribution in [0.2, 0.25) is 0 Å². The first kappa shape index (κ1) is 16.6. The molecule has 2 amide bonds. The number of carbonyl (C=O) groups is 2.